The number of carbonyl (C=O) groups is 2. The monoisotopic (exact) mass is 422 g/mol. The van der Waals surface area contributed by atoms with Crippen molar-refractivity contribution in [1.82, 2.24) is 0 Å². The van der Waals surface area contributed by atoms with Crippen molar-refractivity contribution in [3.05, 3.63) is 53.6 Å². The average molecular weight is 423 g/mol. The first kappa shape index (κ1) is 22.4. The lowest BCUT2D eigenvalue weighted by molar-refractivity contribution is -0.119. The Morgan fingerprint density at radius 2 is 1.87 bits per heavy atom. The van der Waals surface area contributed by atoms with E-state index in [0.29, 0.717) is 30.3 Å². The second-order valence-corrected chi connectivity index (χ2v) is 8.01. The van der Waals surface area contributed by atoms with Crippen LogP contribution in [0.2, 0.25) is 0 Å². The van der Waals surface area contributed by atoms with Crippen LogP contribution in [-0.4, -0.2) is 32.6 Å². The molecule has 0 atom stereocenters. The van der Waals surface area contributed by atoms with Crippen LogP contribution in [0.15, 0.2) is 42.5 Å². The van der Waals surface area contributed by atoms with Crippen LogP contribution in [0.3, 0.4) is 0 Å². The van der Waals surface area contributed by atoms with Gasteiger partial charge in [0.2, 0.25) is 11.8 Å². The molecular formula is C25H30N2O4. The zero-order valence-electron chi connectivity index (χ0n) is 18.6. The fourth-order valence-electron chi connectivity index (χ4n) is 3.58. The standard InChI is InChI=1S/C25H30N2O4/c1-17(2)13-14-27-21-9-8-20(16-19(21)7-12-25(27)29)26-24(28)11-6-18-5-10-22(30-3)23(15-18)31-4/h5-6,8-11,15-17H,7,12-14H2,1-4H3,(H,26,28)/b11-6+. The molecule has 1 heterocycles. The summed E-state index contributed by atoms with van der Waals surface area (Å²) in [6, 6.07) is 11.2. The first-order valence-corrected chi connectivity index (χ1v) is 10.6. The molecule has 2 amide bonds. The van der Waals surface area contributed by atoms with Crippen molar-refractivity contribution < 1.29 is 19.1 Å². The molecule has 3 rings (SSSR count). The van der Waals surface area contributed by atoms with Crippen LogP contribution in [0.25, 0.3) is 6.08 Å². The van der Waals surface area contributed by atoms with E-state index in [0.717, 1.165) is 35.5 Å². The lowest BCUT2D eigenvalue weighted by Gasteiger charge is -2.30. The number of amides is 2. The average Bonchev–Trinajstić information content (AvgIpc) is 2.76. The van der Waals surface area contributed by atoms with E-state index in [1.807, 2.05) is 35.2 Å². The number of hydrogen-bond acceptors (Lipinski definition) is 4. The molecule has 0 saturated heterocycles. The van der Waals surface area contributed by atoms with Gasteiger partial charge in [0.1, 0.15) is 0 Å². The zero-order valence-corrected chi connectivity index (χ0v) is 18.6. The molecule has 0 fully saturated rings. The van der Waals surface area contributed by atoms with E-state index in [9.17, 15) is 9.59 Å². The Labute approximate surface area is 183 Å². The van der Waals surface area contributed by atoms with Crippen molar-refractivity contribution in [2.45, 2.75) is 33.1 Å². The Balaban J connectivity index is 1.68. The maximum absolute atomic E-state index is 12.4. The molecule has 0 saturated carbocycles. The molecule has 2 aromatic carbocycles. The molecule has 0 bridgehead atoms. The topological polar surface area (TPSA) is 67.9 Å². The van der Waals surface area contributed by atoms with Gasteiger partial charge in [-0.1, -0.05) is 19.9 Å². The van der Waals surface area contributed by atoms with E-state index in [4.69, 9.17) is 9.47 Å². The van der Waals surface area contributed by atoms with Gasteiger partial charge in [0.25, 0.3) is 0 Å². The maximum Gasteiger partial charge on any atom is 0.248 e. The van der Waals surface area contributed by atoms with Gasteiger partial charge in [0, 0.05) is 30.4 Å². The minimum atomic E-state index is -0.224. The van der Waals surface area contributed by atoms with Gasteiger partial charge >= 0.3 is 0 Å². The van der Waals surface area contributed by atoms with Gasteiger partial charge in [-0.05, 0) is 66.3 Å². The first-order valence-electron chi connectivity index (χ1n) is 10.6. The number of anilines is 2. The summed E-state index contributed by atoms with van der Waals surface area (Å²) in [5, 5.41) is 2.90. The summed E-state index contributed by atoms with van der Waals surface area (Å²) in [5.74, 6) is 1.73. The highest BCUT2D eigenvalue weighted by molar-refractivity contribution is 6.02. The fraction of sp³-hybridized carbons (Fsp3) is 0.360. The number of methoxy groups -OCH3 is 2. The fourth-order valence-corrected chi connectivity index (χ4v) is 3.58. The predicted octanol–water partition coefficient (Wildman–Crippen LogP) is 4.68. The Morgan fingerprint density at radius 1 is 1.10 bits per heavy atom. The number of benzene rings is 2. The van der Waals surface area contributed by atoms with Gasteiger partial charge in [0.05, 0.1) is 14.2 Å². The second kappa shape index (κ2) is 10.2. The van der Waals surface area contributed by atoms with E-state index < -0.39 is 0 Å². The van der Waals surface area contributed by atoms with Crippen molar-refractivity contribution in [2.24, 2.45) is 5.92 Å². The molecule has 1 aliphatic rings. The van der Waals surface area contributed by atoms with Crippen LogP contribution >= 0.6 is 0 Å². The van der Waals surface area contributed by atoms with E-state index >= 15 is 0 Å². The third-order valence-electron chi connectivity index (χ3n) is 5.31. The second-order valence-electron chi connectivity index (χ2n) is 8.01. The van der Waals surface area contributed by atoms with Crippen molar-refractivity contribution in [1.29, 1.82) is 0 Å². The molecule has 164 valence electrons. The number of carbonyl (C=O) groups excluding carboxylic acids is 2. The molecule has 0 spiro atoms. The summed E-state index contributed by atoms with van der Waals surface area (Å²) >= 11 is 0. The van der Waals surface area contributed by atoms with Gasteiger partial charge in [-0.25, -0.2) is 0 Å². The summed E-state index contributed by atoms with van der Waals surface area (Å²) in [5.41, 5.74) is 3.59. The quantitative estimate of drug-likeness (QED) is 0.627. The van der Waals surface area contributed by atoms with Gasteiger partial charge < -0.3 is 19.7 Å². The van der Waals surface area contributed by atoms with Crippen LogP contribution in [0.5, 0.6) is 11.5 Å². The zero-order chi connectivity index (χ0) is 22.4. The number of aryl methyl sites for hydroxylation is 1. The van der Waals surface area contributed by atoms with Gasteiger partial charge in [-0.3, -0.25) is 9.59 Å². The Bertz CT molecular complexity index is 981. The van der Waals surface area contributed by atoms with Crippen molar-refractivity contribution in [2.75, 3.05) is 31.0 Å². The van der Waals surface area contributed by atoms with Crippen LogP contribution in [0.1, 0.15) is 37.8 Å². The van der Waals surface area contributed by atoms with Crippen LogP contribution in [-0.2, 0) is 16.0 Å². The Kier molecular flexibility index (Phi) is 7.34. The first-order chi connectivity index (χ1) is 14.9. The Hall–Kier alpha value is -3.28. The minimum Gasteiger partial charge on any atom is -0.493 e. The van der Waals surface area contributed by atoms with E-state index in [1.54, 1.807) is 26.4 Å². The molecule has 6 nitrogen and oxygen atoms in total. The van der Waals surface area contributed by atoms with Crippen molar-refractivity contribution >= 4 is 29.3 Å². The molecular weight excluding hydrogens is 392 g/mol. The number of nitrogens with zero attached hydrogens (tertiary/aromatic N) is 1. The van der Waals surface area contributed by atoms with Gasteiger partial charge in [0.15, 0.2) is 11.5 Å². The molecule has 31 heavy (non-hydrogen) atoms. The van der Waals surface area contributed by atoms with E-state index in [1.165, 1.54) is 6.08 Å². The molecule has 6 heteroatoms. The summed E-state index contributed by atoms with van der Waals surface area (Å²) in [6.07, 6.45) is 5.37. The minimum absolute atomic E-state index is 0.169. The summed E-state index contributed by atoms with van der Waals surface area (Å²) in [4.78, 5) is 26.7. The lowest BCUT2D eigenvalue weighted by Crippen LogP contribution is -2.36. The Morgan fingerprint density at radius 3 is 2.58 bits per heavy atom. The highest BCUT2D eigenvalue weighted by Crippen LogP contribution is 2.31. The molecule has 0 aliphatic carbocycles. The molecule has 0 unspecified atom stereocenters. The highest BCUT2D eigenvalue weighted by atomic mass is 16.5. The van der Waals surface area contributed by atoms with Crippen molar-refractivity contribution in [3.63, 3.8) is 0 Å². The molecule has 2 aromatic rings. The van der Waals surface area contributed by atoms with Gasteiger partial charge in [-0.15, -0.1) is 0 Å². The van der Waals surface area contributed by atoms with Crippen LogP contribution in [0, 0.1) is 5.92 Å². The number of nitrogens with one attached hydrogen (secondary N) is 1. The smallest absolute Gasteiger partial charge is 0.248 e. The number of ether oxygens (including phenoxy) is 2. The SMILES string of the molecule is COc1ccc(/C=C/C(=O)Nc2ccc3c(c2)CCC(=O)N3CCC(C)C)cc1OC. The molecule has 0 aromatic heterocycles. The van der Waals surface area contributed by atoms with Crippen LogP contribution < -0.4 is 19.7 Å². The van der Waals surface area contributed by atoms with E-state index in [2.05, 4.69) is 19.2 Å². The number of hydrogen-bond donors (Lipinski definition) is 1. The maximum atomic E-state index is 12.4. The molecule has 1 aliphatic heterocycles. The normalized spacial score (nSPS) is 13.5. The molecule has 1 N–H and O–H groups in total. The highest BCUT2D eigenvalue weighted by Gasteiger charge is 2.24. The number of fused-ring (bicyclic) bond motifs is 1. The molecule has 0 radical (unpaired) electrons. The third kappa shape index (κ3) is 5.66. The van der Waals surface area contributed by atoms with E-state index in [-0.39, 0.29) is 11.8 Å². The lowest BCUT2D eigenvalue weighted by atomic mass is 9.99. The number of rotatable bonds is 8. The van der Waals surface area contributed by atoms with Crippen LogP contribution in [0.4, 0.5) is 11.4 Å². The third-order valence-corrected chi connectivity index (χ3v) is 5.31. The summed E-state index contributed by atoms with van der Waals surface area (Å²) in [6.45, 7) is 5.04. The summed E-state index contributed by atoms with van der Waals surface area (Å²) in [7, 11) is 3.16. The van der Waals surface area contributed by atoms with Crippen molar-refractivity contribution in [3.8, 4) is 11.5 Å². The van der Waals surface area contributed by atoms with Gasteiger partial charge in [-0.2, -0.15) is 0 Å². The largest absolute Gasteiger partial charge is 0.493 e. The predicted molar refractivity (Wildman–Crippen MR) is 124 cm³/mol. The summed E-state index contributed by atoms with van der Waals surface area (Å²) < 4.78 is 10.5.